The smallest absolute Gasteiger partial charge is 0.227 e. The van der Waals surface area contributed by atoms with Crippen LogP contribution in [0.15, 0.2) is 17.7 Å². The van der Waals surface area contributed by atoms with Gasteiger partial charge in [-0.3, -0.25) is 0 Å². The average Bonchev–Trinajstić information content (AvgIpc) is 1.84. The Bertz CT molecular complexity index is 157. The molecule has 0 aromatic heterocycles. The van der Waals surface area contributed by atoms with Crippen LogP contribution in [0.3, 0.4) is 0 Å². The van der Waals surface area contributed by atoms with Gasteiger partial charge >= 0.3 is 0 Å². The molecule has 0 amide bonds. The summed E-state index contributed by atoms with van der Waals surface area (Å²) in [5, 5.41) is 0. The van der Waals surface area contributed by atoms with E-state index in [9.17, 15) is 22.0 Å². The van der Waals surface area contributed by atoms with Gasteiger partial charge in [0.05, 0.1) is 5.83 Å². The maximum Gasteiger partial charge on any atom is 0.227 e. The Labute approximate surface area is 63.9 Å². The van der Waals surface area contributed by atoms with Crippen LogP contribution in [0.2, 0.25) is 0 Å². The van der Waals surface area contributed by atoms with E-state index in [2.05, 4.69) is 0 Å². The normalized spacial score (nSPS) is 10.3. The van der Waals surface area contributed by atoms with Crippen LogP contribution in [0.1, 0.15) is 0 Å². The van der Waals surface area contributed by atoms with Crippen molar-refractivity contribution >= 4 is 0 Å². The SMILES string of the molecule is F[C-]=C(F)C(F)=C(F)F.[Fe]. The van der Waals surface area contributed by atoms with Crippen molar-refractivity contribution in [2.24, 2.45) is 0 Å². The van der Waals surface area contributed by atoms with E-state index in [-0.39, 0.29) is 23.4 Å². The van der Waals surface area contributed by atoms with Crippen molar-refractivity contribution in [3.8, 4) is 0 Å². The Balaban J connectivity index is 0. The summed E-state index contributed by atoms with van der Waals surface area (Å²) >= 11 is 0. The van der Waals surface area contributed by atoms with Crippen molar-refractivity contribution in [1.29, 1.82) is 0 Å². The zero-order valence-electron chi connectivity index (χ0n) is 4.24. The van der Waals surface area contributed by atoms with E-state index in [1.54, 1.807) is 0 Å². The number of hydrogen-bond donors (Lipinski definition) is 0. The molecule has 0 saturated carbocycles. The molecule has 0 aromatic rings. The fraction of sp³-hybridized carbons (Fsp3) is 0. The van der Waals surface area contributed by atoms with E-state index in [1.807, 2.05) is 0 Å². The van der Waals surface area contributed by atoms with Gasteiger partial charge in [-0.15, -0.1) is 0 Å². The zero-order valence-corrected chi connectivity index (χ0v) is 5.35. The summed E-state index contributed by atoms with van der Waals surface area (Å²) in [6.07, 6.45) is -2.82. The Morgan fingerprint density at radius 3 is 1.50 bits per heavy atom. The fourth-order valence-electron chi connectivity index (χ4n) is 0.124. The molecule has 0 fully saturated rings. The monoisotopic (exact) mass is 199 g/mol. The summed E-state index contributed by atoms with van der Waals surface area (Å²) < 4.78 is 55.2. The molecule has 0 aliphatic heterocycles. The van der Waals surface area contributed by atoms with Crippen molar-refractivity contribution in [3.63, 3.8) is 0 Å². The molecular formula is C4F5Fe-. The quantitative estimate of drug-likeness (QED) is 0.263. The third-order valence-corrected chi connectivity index (χ3v) is 0.442. The van der Waals surface area contributed by atoms with Crippen LogP contribution in [-0.4, -0.2) is 0 Å². The maximum absolute atomic E-state index is 11.3. The number of rotatable bonds is 1. The molecule has 0 unspecified atom stereocenters. The summed E-state index contributed by atoms with van der Waals surface area (Å²) in [5.74, 6) is -4.84. The molecule has 0 aliphatic carbocycles. The van der Waals surface area contributed by atoms with Crippen molar-refractivity contribution in [2.45, 2.75) is 0 Å². The van der Waals surface area contributed by atoms with Gasteiger partial charge in [0, 0.05) is 22.9 Å². The number of allylic oxidation sites excluding steroid dienone is 2. The van der Waals surface area contributed by atoms with Gasteiger partial charge < -0.3 is 8.78 Å². The Kier molecular flexibility index (Phi) is 6.71. The third-order valence-electron chi connectivity index (χ3n) is 0.442. The van der Waals surface area contributed by atoms with Gasteiger partial charge in [-0.2, -0.15) is 8.78 Å². The van der Waals surface area contributed by atoms with E-state index < -0.39 is 17.7 Å². The molecule has 0 aliphatic rings. The minimum Gasteiger partial charge on any atom is -0.335 e. The molecule has 6 heteroatoms. The molecule has 10 heavy (non-hydrogen) atoms. The number of hydrogen-bond acceptors (Lipinski definition) is 0. The van der Waals surface area contributed by atoms with E-state index in [0.29, 0.717) is 0 Å². The number of halogens is 5. The predicted molar refractivity (Wildman–Crippen MR) is 19.3 cm³/mol. The van der Waals surface area contributed by atoms with E-state index >= 15 is 0 Å². The molecule has 0 rings (SSSR count). The molecule has 0 spiro atoms. The van der Waals surface area contributed by atoms with Crippen LogP contribution in [0, 0.1) is 6.33 Å². The topological polar surface area (TPSA) is 0 Å². The summed E-state index contributed by atoms with van der Waals surface area (Å²) in [7, 11) is 0. The Morgan fingerprint density at radius 1 is 1.00 bits per heavy atom. The van der Waals surface area contributed by atoms with E-state index in [4.69, 9.17) is 0 Å². The van der Waals surface area contributed by atoms with Crippen LogP contribution in [0.25, 0.3) is 0 Å². The second-order valence-electron chi connectivity index (χ2n) is 0.983. The molecular weight excluding hydrogens is 199 g/mol. The Morgan fingerprint density at radius 2 is 1.40 bits per heavy atom. The van der Waals surface area contributed by atoms with E-state index in [0.717, 1.165) is 0 Å². The molecule has 0 heterocycles. The molecule has 0 N–H and O–H groups in total. The van der Waals surface area contributed by atoms with Gasteiger partial charge in [-0.25, -0.2) is 4.39 Å². The average molecular weight is 199 g/mol. The zero-order chi connectivity index (χ0) is 7.44. The van der Waals surface area contributed by atoms with Crippen molar-refractivity contribution < 1.29 is 39.0 Å². The van der Waals surface area contributed by atoms with Gasteiger partial charge in [0.15, 0.2) is 0 Å². The predicted octanol–water partition coefficient (Wildman–Crippen LogP) is 2.65. The van der Waals surface area contributed by atoms with Crippen molar-refractivity contribution in [3.05, 3.63) is 24.1 Å². The molecule has 60 valence electrons. The summed E-state index contributed by atoms with van der Waals surface area (Å²) in [6, 6.07) is 0. The molecule has 0 atom stereocenters. The molecule has 0 bridgehead atoms. The molecule has 0 saturated heterocycles. The minimum absolute atomic E-state index is 0. The fourth-order valence-corrected chi connectivity index (χ4v) is 0.124. The van der Waals surface area contributed by atoms with Gasteiger partial charge in [0.25, 0.3) is 0 Å². The van der Waals surface area contributed by atoms with Crippen LogP contribution in [0.5, 0.6) is 0 Å². The molecule has 0 radical (unpaired) electrons. The molecule has 0 nitrogen and oxygen atoms in total. The van der Waals surface area contributed by atoms with Gasteiger partial charge in [0.1, 0.15) is 0 Å². The maximum atomic E-state index is 11.3. The minimum atomic E-state index is -2.90. The molecule has 0 aromatic carbocycles. The first-order valence-corrected chi connectivity index (χ1v) is 1.69. The second-order valence-corrected chi connectivity index (χ2v) is 0.983. The summed E-state index contributed by atoms with van der Waals surface area (Å²) in [5.41, 5.74) is 0. The van der Waals surface area contributed by atoms with Gasteiger partial charge in [-0.1, -0.05) is 0 Å². The van der Waals surface area contributed by atoms with Crippen molar-refractivity contribution in [2.75, 3.05) is 0 Å². The third kappa shape index (κ3) is 3.63. The van der Waals surface area contributed by atoms with E-state index in [1.165, 1.54) is 0 Å². The summed E-state index contributed by atoms with van der Waals surface area (Å²) in [6.45, 7) is 0. The van der Waals surface area contributed by atoms with Crippen LogP contribution in [-0.2, 0) is 17.1 Å². The largest absolute Gasteiger partial charge is 0.335 e. The Hall–Kier alpha value is -0.351. The second kappa shape index (κ2) is 5.44. The van der Waals surface area contributed by atoms with Crippen LogP contribution in [0.4, 0.5) is 22.0 Å². The van der Waals surface area contributed by atoms with Gasteiger partial charge in [-0.05, 0) is 6.33 Å². The van der Waals surface area contributed by atoms with Crippen LogP contribution >= 0.6 is 0 Å². The van der Waals surface area contributed by atoms with Gasteiger partial charge in [0.2, 0.25) is 6.08 Å². The first-order valence-electron chi connectivity index (χ1n) is 1.69. The van der Waals surface area contributed by atoms with Crippen LogP contribution < -0.4 is 0 Å². The first kappa shape index (κ1) is 12.3. The first-order chi connectivity index (χ1) is 4.09. The standard InChI is InChI=1S/C4F5.Fe/c5-1-2(6)3(7)4(8)9;/q-1;. The van der Waals surface area contributed by atoms with Crippen molar-refractivity contribution in [1.82, 2.24) is 0 Å². The summed E-state index contributed by atoms with van der Waals surface area (Å²) in [4.78, 5) is 0.